The van der Waals surface area contributed by atoms with Crippen LogP contribution in [0.25, 0.3) is 0 Å². The Balaban J connectivity index is -0.00000190. The summed E-state index contributed by atoms with van der Waals surface area (Å²) in [5.41, 5.74) is 9.78. The normalized spacial score (nSPS) is 15.9. The zero-order valence-electron chi connectivity index (χ0n) is 84.9. The molecule has 6 heterocycles. The maximum absolute atomic E-state index is 10.9. The van der Waals surface area contributed by atoms with Crippen molar-refractivity contribution in [2.45, 2.75) is 141 Å². The Morgan fingerprint density at radius 3 is 0.929 bits per heavy atom. The number of nitrogens with two attached hydrogens (primary N) is 1. The van der Waals surface area contributed by atoms with E-state index >= 15 is 0 Å². The Morgan fingerprint density at radius 1 is 0.371 bits per heavy atom. The summed E-state index contributed by atoms with van der Waals surface area (Å²) < 4.78 is 144. The van der Waals surface area contributed by atoms with Gasteiger partial charge in [0, 0.05) is 76.5 Å². The van der Waals surface area contributed by atoms with Crippen LogP contribution in [0.2, 0.25) is 0 Å². The molecule has 0 unspecified atom stereocenters. The van der Waals surface area contributed by atoms with Crippen molar-refractivity contribution in [3.8, 4) is 129 Å². The van der Waals surface area contributed by atoms with Crippen LogP contribution in [-0.2, 0) is 40.4 Å². The van der Waals surface area contributed by atoms with Crippen LogP contribution in [0.1, 0.15) is 187 Å². The maximum Gasteiger partial charge on any atom is 1.00 e. The first-order valence-corrected chi connectivity index (χ1v) is 48.6. The minimum Gasteiger partial charge on any atom is -1.00 e. The van der Waals surface area contributed by atoms with E-state index in [9.17, 15) is 13.0 Å². The molecule has 6 aliphatic heterocycles. The Hall–Kier alpha value is -6.54. The van der Waals surface area contributed by atoms with E-state index in [4.69, 9.17) is 85.0 Å². The fourth-order valence-corrected chi connectivity index (χ4v) is 15.8. The molecule has 0 aliphatic carbocycles. The Labute approximate surface area is 916 Å². The number of ether oxygens (including phenoxy) is 14. The van der Waals surface area contributed by atoms with Gasteiger partial charge in [-0.3, -0.25) is 9.62 Å². The first kappa shape index (κ1) is 138. The number of aryl methyl sites for hydroxylation is 3. The van der Waals surface area contributed by atoms with E-state index in [-0.39, 0.29) is 142 Å². The number of hydrogen-bond acceptors (Lipinski definition) is 20. The number of rotatable bonds is 45. The first-order valence-electron chi connectivity index (χ1n) is 46.1. The third-order valence-electron chi connectivity index (χ3n) is 23.2. The second kappa shape index (κ2) is 76.1. The molecule has 768 valence electrons. The van der Waals surface area contributed by atoms with Crippen LogP contribution in [0, 0.1) is 98.7 Å². The van der Waals surface area contributed by atoms with Crippen LogP contribution in [0.5, 0.6) is 57.5 Å². The van der Waals surface area contributed by atoms with E-state index in [1.165, 1.54) is 135 Å². The van der Waals surface area contributed by atoms with E-state index in [0.717, 1.165) is 119 Å². The number of hydrogen-bond donors (Lipinski definition) is 1. The summed E-state index contributed by atoms with van der Waals surface area (Å²) in [4.78, 5) is 0. The molecule has 6 aromatic carbocycles. The van der Waals surface area contributed by atoms with Gasteiger partial charge in [0.1, 0.15) is 195 Å². The number of quaternary nitrogens is 4. The predicted molar refractivity (Wildman–Crippen MR) is 524 cm³/mol. The van der Waals surface area contributed by atoms with E-state index < -0.39 is 27.2 Å². The number of methoxy groups -OCH3 is 4. The number of benzene rings is 6. The van der Waals surface area contributed by atoms with Crippen molar-refractivity contribution in [1.82, 2.24) is 0 Å². The van der Waals surface area contributed by atoms with Gasteiger partial charge >= 0.3 is 59.1 Å². The largest absolute Gasteiger partial charge is 1.00 e. The van der Waals surface area contributed by atoms with Gasteiger partial charge in [0.25, 0.3) is 0 Å². The van der Waals surface area contributed by atoms with Crippen LogP contribution in [0.4, 0.5) is 0 Å². The topological polar surface area (TPSA) is 275 Å². The van der Waals surface area contributed by atoms with Gasteiger partial charge in [-0.05, 0) is 151 Å². The molecule has 0 aromatic heterocycles. The van der Waals surface area contributed by atoms with Crippen molar-refractivity contribution < 1.29 is 237 Å². The minimum atomic E-state index is -4.31. The number of likely N-dealkylation sites (N-methyl/N-ethyl adjacent to an activating group) is 1. The molecular formula is C106H148Cl5N5Na2O20S2-2. The SMILES string of the molecule is C.CC#Cc1cc(OCCOC)c(C#Cc2cc(OCCCC)c(C)cc2OCCCC)cc1OCCOC.CC#Cc1ccc(C#Cc2cc(OCC[N+]34CC[N+](C)(CC3)CC4)c(C)cc2OCC[N+]23CC[N+](CCCCCC)(CC2)CC3)cc1.CC=[NH2+].O=S([O-])[O-].[CH2-]CCOc1cc(C)c(OCCCS(=O)(=O)[O-])cc1C#Cc1cc(OCCOC)c(C#CC)cc1OCCOC.[Cl-].[Cl-].[Cl-].[Cl-].[Cl-].[Na+].[Na+]. The van der Waals surface area contributed by atoms with Gasteiger partial charge in [0.15, 0.2) is 0 Å². The molecule has 0 atom stereocenters. The molecule has 4 bridgehead atoms. The Bertz CT molecular complexity index is 5120. The van der Waals surface area contributed by atoms with Crippen molar-refractivity contribution in [1.29, 1.82) is 0 Å². The summed E-state index contributed by atoms with van der Waals surface area (Å²) in [6, 6.07) is 27.3. The molecular weight excluding hydrogens is 1950 g/mol. The van der Waals surface area contributed by atoms with Crippen LogP contribution in [-0.4, -0.2) is 282 Å². The molecule has 6 saturated heterocycles. The second-order valence-electron chi connectivity index (χ2n) is 33.2. The molecule has 2 N–H and O–H groups in total. The zero-order valence-corrected chi connectivity index (χ0v) is 94.3. The number of unbranched alkanes of at least 4 members (excludes halogenated alkanes) is 5. The van der Waals surface area contributed by atoms with Crippen molar-refractivity contribution in [2.24, 2.45) is 0 Å². The second-order valence-corrected chi connectivity index (χ2v) is 35.1. The van der Waals surface area contributed by atoms with Gasteiger partial charge in [-0.2, -0.15) is 0 Å². The molecule has 0 saturated carbocycles. The van der Waals surface area contributed by atoms with E-state index in [1.54, 1.807) is 73.5 Å². The van der Waals surface area contributed by atoms with Crippen LogP contribution in [0.15, 0.2) is 84.9 Å². The molecule has 140 heavy (non-hydrogen) atoms. The molecule has 6 aliphatic rings. The van der Waals surface area contributed by atoms with Gasteiger partial charge in [0.2, 0.25) is 0 Å². The number of fused-ring (bicyclic) bond motifs is 6. The van der Waals surface area contributed by atoms with Gasteiger partial charge in [-0.15, -0.1) is 35.5 Å². The summed E-state index contributed by atoms with van der Waals surface area (Å²) in [6.07, 6.45) is 11.7. The van der Waals surface area contributed by atoms with Crippen molar-refractivity contribution in [2.75, 3.05) is 232 Å². The average Bonchev–Trinajstić information content (AvgIpc) is 0.759. The van der Waals surface area contributed by atoms with E-state index in [2.05, 4.69) is 137 Å². The van der Waals surface area contributed by atoms with Crippen molar-refractivity contribution >= 4 is 27.7 Å². The fraction of sp³-hybridized carbons (Fsp3) is 0.528. The number of nitrogens with zero attached hydrogens (tertiary/aromatic N) is 4. The Morgan fingerprint density at radius 2 is 0.621 bits per heavy atom. The predicted octanol–water partition coefficient (Wildman–Crippen LogP) is -7.54. The maximum atomic E-state index is 10.9. The minimum absolute atomic E-state index is 0. The van der Waals surface area contributed by atoms with E-state index in [0.29, 0.717) is 136 Å². The van der Waals surface area contributed by atoms with Crippen LogP contribution < -0.4 is 174 Å². The Kier molecular flexibility index (Phi) is 74.8. The number of piperazine rings is 6. The molecule has 0 amide bonds. The van der Waals surface area contributed by atoms with Gasteiger partial charge in [0.05, 0.1) is 116 Å². The molecule has 0 spiro atoms. The standard InChI is InChI=1S/C41H60N4O2.C32H42O6.C30H37O9S.C2H5N.CH4.5ClH.2Na.H2O3S/c1-5-7-8-9-17-43-24-27-45(28-25-43,29-26-43)31-33-47-41-34-36(3)40(46-32-30-44-21-18-42(4,19-22-44)20-23-44)35-39(41)16-15-38-13-11-37(10-6-2)12-14-38;1-7-10-15-35-29-22-27(30(21-25(29)4)36-16-11-8-2)13-14-28-24-31(37-19-17-33-5)26(12-9-3)23-32(28)38-20-18-34-6;1-6-9-24-21-30(39-17-15-35-5)26(22-29(24)38-16-14-34-4)11-10-25-20-27(37-13-8-18-40(31,32)33)23(3)19-28(25)36-12-7-2;1-2-3;;;;;;;;;1-4(2)3/h11-14,34-35H,5,7-9,17-33H2,1-4H3;21-24H,7-8,10-11,15-20H2,1-6H3;19-22H,2,7-8,12-18H2,1,3-5H3,(H,31,32,33);2-3H,1H3;1H4;5*1H;;;(H2,1,2,3)/q+4;;-1;;;;;;;;2*+1;/p-7. The third kappa shape index (κ3) is 49.6. The number of halogens is 5. The average molecular weight is 2100 g/mol. The molecule has 6 fully saturated rings. The summed E-state index contributed by atoms with van der Waals surface area (Å²) in [6.45, 7) is 49.2. The third-order valence-corrected chi connectivity index (χ3v) is 24.0. The smallest absolute Gasteiger partial charge is 1.00 e. The summed E-state index contributed by atoms with van der Waals surface area (Å²) in [5.74, 6) is 44.1. The van der Waals surface area contributed by atoms with Crippen molar-refractivity contribution in [3.05, 3.63) is 159 Å². The molecule has 25 nitrogen and oxygen atoms in total. The molecule has 34 heteroatoms. The summed E-state index contributed by atoms with van der Waals surface area (Å²) in [5, 5.41) is 4.72. The van der Waals surface area contributed by atoms with Gasteiger partial charge in [-0.1, -0.05) is 107 Å². The van der Waals surface area contributed by atoms with Gasteiger partial charge in [-0.25, -0.2) is 8.42 Å². The van der Waals surface area contributed by atoms with Crippen molar-refractivity contribution in [3.63, 3.8) is 0 Å². The fourth-order valence-electron chi connectivity index (χ4n) is 15.3. The monoisotopic (exact) mass is 2100 g/mol. The molecule has 0 radical (unpaired) electrons. The van der Waals surface area contributed by atoms with Crippen LogP contribution in [0.3, 0.4) is 0 Å². The van der Waals surface area contributed by atoms with Gasteiger partial charge < -0.3 is 167 Å². The summed E-state index contributed by atoms with van der Waals surface area (Å²) in [7, 11) is 4.59. The van der Waals surface area contributed by atoms with Crippen LogP contribution >= 0.6 is 0 Å². The molecule has 12 rings (SSSR count). The zero-order chi connectivity index (χ0) is 96.1. The molecule has 6 aromatic rings. The summed E-state index contributed by atoms with van der Waals surface area (Å²) >= 11 is -3.11. The van der Waals surface area contributed by atoms with E-state index in [1.807, 2.05) is 57.2 Å². The first-order chi connectivity index (χ1) is 63.7. The quantitative estimate of drug-likeness (QED) is 0.00544.